The van der Waals surface area contributed by atoms with Crippen LogP contribution < -0.4 is 10.6 Å². The van der Waals surface area contributed by atoms with Gasteiger partial charge in [-0.15, -0.1) is 0 Å². The number of ether oxygens (including phenoxy) is 6. The molecule has 0 aromatic rings. The van der Waals surface area contributed by atoms with Gasteiger partial charge in [-0.1, -0.05) is 27.7 Å². The number of likely N-dealkylation sites (N-methyl/N-ethyl adjacent to an activating group) is 1. The first-order valence-electron chi connectivity index (χ1n) is 20.9. The lowest BCUT2D eigenvalue weighted by molar-refractivity contribution is -0.336. The summed E-state index contributed by atoms with van der Waals surface area (Å²) in [7, 11) is 5.31. The number of rotatable bonds is 13. The molecule has 3 fully saturated rings. The highest BCUT2D eigenvalue weighted by molar-refractivity contribution is 5.73. The maximum absolute atomic E-state index is 14.5. The van der Waals surface area contributed by atoms with Crippen LogP contribution in [0.25, 0.3) is 0 Å². The minimum Gasteiger partial charge on any atom is -0.457 e. The Hall–Kier alpha value is -1.05. The Bertz CT molecular complexity index is 1230. The Balaban J connectivity index is 2.16. The number of nitrogens with zero attached hydrogens (tertiary/aromatic N) is 1. The minimum atomic E-state index is -1.81. The van der Waals surface area contributed by atoms with Crippen LogP contribution in [-0.4, -0.2) is 167 Å². The van der Waals surface area contributed by atoms with Crippen LogP contribution in [0.1, 0.15) is 108 Å². The molecule has 0 saturated carbocycles. The van der Waals surface area contributed by atoms with Crippen molar-refractivity contribution in [3.05, 3.63) is 0 Å². The average Bonchev–Trinajstić information content (AvgIpc) is 3.12. The molecule has 330 valence electrons. The standard InChI is InChI=1S/C41H79N3O12/c1-15-17-42-22-41(50)28(8)53-31(20-39(41,10)51-14)54-33-25(5)34(56-37-32(46)29(44(12)13)18-24(4)52-37)38(9,48)19-23(3)21-43-27(7)35(55-36(47)26(33)6)40(11,49)30(45)16-2/h23-35,37,42-43,45-46,48-50H,15-22H2,1-14H3/t23-,24-,25+,26-,27?,28+,29+,30?,31+,32?,33+,34-,35?,37+,38-,39-,40-,41+/m1/s1. The van der Waals surface area contributed by atoms with Crippen molar-refractivity contribution >= 4 is 5.97 Å². The Morgan fingerprint density at radius 1 is 1.05 bits per heavy atom. The number of cyclic esters (lactones) is 1. The van der Waals surface area contributed by atoms with E-state index in [2.05, 4.69) is 10.6 Å². The highest BCUT2D eigenvalue weighted by atomic mass is 16.7. The summed E-state index contributed by atoms with van der Waals surface area (Å²) in [6.45, 7) is 20.9. The maximum atomic E-state index is 14.5. The third-order valence-corrected chi connectivity index (χ3v) is 13.0. The van der Waals surface area contributed by atoms with Gasteiger partial charge in [0, 0.05) is 38.1 Å². The van der Waals surface area contributed by atoms with E-state index in [1.54, 1.807) is 34.6 Å². The van der Waals surface area contributed by atoms with Gasteiger partial charge in [0.1, 0.15) is 29.0 Å². The summed E-state index contributed by atoms with van der Waals surface area (Å²) >= 11 is 0. The van der Waals surface area contributed by atoms with E-state index in [-0.39, 0.29) is 43.9 Å². The molecule has 3 rings (SSSR count). The smallest absolute Gasteiger partial charge is 0.311 e. The van der Waals surface area contributed by atoms with Gasteiger partial charge in [0.15, 0.2) is 12.6 Å². The number of nitrogens with one attached hydrogen (secondary N) is 2. The minimum absolute atomic E-state index is 0.0928. The summed E-state index contributed by atoms with van der Waals surface area (Å²) in [6.07, 6.45) is -6.62. The van der Waals surface area contributed by atoms with Gasteiger partial charge in [0.05, 0.1) is 42.0 Å². The van der Waals surface area contributed by atoms with Crippen molar-refractivity contribution in [2.45, 2.75) is 198 Å². The first-order valence-corrected chi connectivity index (χ1v) is 20.9. The van der Waals surface area contributed by atoms with Gasteiger partial charge in [-0.3, -0.25) is 4.79 Å². The summed E-state index contributed by atoms with van der Waals surface area (Å²) < 4.78 is 38.4. The molecule has 56 heavy (non-hydrogen) atoms. The summed E-state index contributed by atoms with van der Waals surface area (Å²) in [5, 5.41) is 65.4. The van der Waals surface area contributed by atoms with Crippen molar-refractivity contribution in [1.29, 1.82) is 0 Å². The second kappa shape index (κ2) is 20.0. The van der Waals surface area contributed by atoms with Crippen molar-refractivity contribution in [3.8, 4) is 0 Å². The molecular formula is C41H79N3O12. The largest absolute Gasteiger partial charge is 0.457 e. The molecule has 7 N–H and O–H groups in total. The number of carbonyl (C=O) groups excluding carboxylic acids is 1. The fraction of sp³-hybridized carbons (Fsp3) is 0.976. The van der Waals surface area contributed by atoms with Crippen LogP contribution >= 0.6 is 0 Å². The van der Waals surface area contributed by atoms with Gasteiger partial charge >= 0.3 is 5.97 Å². The number of hydrogen-bond acceptors (Lipinski definition) is 15. The predicted octanol–water partition coefficient (Wildman–Crippen LogP) is 1.93. The molecule has 0 aromatic heterocycles. The predicted molar refractivity (Wildman–Crippen MR) is 212 cm³/mol. The van der Waals surface area contributed by atoms with Gasteiger partial charge < -0.3 is 69.5 Å². The molecule has 3 saturated heterocycles. The summed E-state index contributed by atoms with van der Waals surface area (Å²) in [6, 6.07) is -0.875. The molecule has 0 bridgehead atoms. The number of esters is 1. The Morgan fingerprint density at radius 3 is 2.27 bits per heavy atom. The van der Waals surface area contributed by atoms with Crippen LogP contribution in [0.3, 0.4) is 0 Å². The molecule has 0 radical (unpaired) electrons. The molecule has 0 spiro atoms. The van der Waals surface area contributed by atoms with Gasteiger partial charge in [0.25, 0.3) is 0 Å². The molecule has 0 aromatic carbocycles. The van der Waals surface area contributed by atoms with Crippen LogP contribution in [0.4, 0.5) is 0 Å². The quantitative estimate of drug-likeness (QED) is 0.105. The lowest BCUT2D eigenvalue weighted by Gasteiger charge is -2.53. The Kier molecular flexibility index (Phi) is 17.6. The SMILES string of the molecule is CCCNC[C@]1(O)[C@H](C)O[C@@H](O[C@H]2[C@H](C)[C@@H](O[C@@H]3O[C@H](C)C[C@H](N(C)C)C3O)[C@](C)(O)C[C@@H](C)CNC(C)C([C@](C)(O)C(O)CC)OC(=O)[C@@H]2C)C[C@@]1(C)OC. The Labute approximate surface area is 336 Å². The van der Waals surface area contributed by atoms with Crippen molar-refractivity contribution in [2.75, 3.05) is 40.8 Å². The van der Waals surface area contributed by atoms with E-state index in [1.165, 1.54) is 14.0 Å². The zero-order valence-corrected chi connectivity index (χ0v) is 36.8. The number of carbonyl (C=O) groups is 1. The number of aliphatic hydroxyl groups is 5. The van der Waals surface area contributed by atoms with E-state index in [9.17, 15) is 30.3 Å². The van der Waals surface area contributed by atoms with Gasteiger partial charge in [-0.05, 0) is 107 Å². The van der Waals surface area contributed by atoms with E-state index in [1.807, 2.05) is 53.6 Å². The molecule has 15 heteroatoms. The topological polar surface area (TPSA) is 201 Å². The highest BCUT2D eigenvalue weighted by Gasteiger charge is 2.58. The van der Waals surface area contributed by atoms with E-state index in [0.717, 1.165) is 6.42 Å². The van der Waals surface area contributed by atoms with E-state index >= 15 is 0 Å². The fourth-order valence-corrected chi connectivity index (χ4v) is 9.21. The van der Waals surface area contributed by atoms with Crippen molar-refractivity contribution < 1.29 is 58.7 Å². The number of aliphatic hydroxyl groups excluding tert-OH is 2. The van der Waals surface area contributed by atoms with Gasteiger partial charge in [0.2, 0.25) is 0 Å². The van der Waals surface area contributed by atoms with Crippen LogP contribution in [0, 0.1) is 17.8 Å². The first-order chi connectivity index (χ1) is 25.9. The van der Waals surface area contributed by atoms with Crippen LogP contribution in [0.15, 0.2) is 0 Å². The lowest BCUT2D eigenvalue weighted by atomic mass is 9.75. The third kappa shape index (κ3) is 11.0. The molecule has 18 atom stereocenters. The maximum Gasteiger partial charge on any atom is 0.311 e. The molecule has 3 heterocycles. The lowest BCUT2D eigenvalue weighted by Crippen LogP contribution is -2.70. The molecule has 3 aliphatic heterocycles. The molecule has 15 nitrogen and oxygen atoms in total. The molecule has 0 aliphatic carbocycles. The molecule has 3 aliphatic rings. The van der Waals surface area contributed by atoms with Crippen molar-refractivity contribution in [3.63, 3.8) is 0 Å². The summed E-state index contributed by atoms with van der Waals surface area (Å²) in [5.74, 6) is -2.67. The third-order valence-electron chi connectivity index (χ3n) is 13.0. The molecule has 0 amide bonds. The second-order valence-electron chi connectivity index (χ2n) is 18.2. The van der Waals surface area contributed by atoms with Gasteiger partial charge in [-0.25, -0.2) is 0 Å². The van der Waals surface area contributed by atoms with Crippen molar-refractivity contribution in [1.82, 2.24) is 15.5 Å². The number of hydrogen-bond donors (Lipinski definition) is 7. The van der Waals surface area contributed by atoms with E-state index in [0.29, 0.717) is 19.5 Å². The van der Waals surface area contributed by atoms with Crippen LogP contribution in [0.5, 0.6) is 0 Å². The molecular weight excluding hydrogens is 726 g/mol. The zero-order chi connectivity index (χ0) is 42.6. The highest BCUT2D eigenvalue weighted by Crippen LogP contribution is 2.43. The summed E-state index contributed by atoms with van der Waals surface area (Å²) in [5.41, 5.74) is -5.93. The average molecular weight is 806 g/mol. The van der Waals surface area contributed by atoms with Crippen LogP contribution in [0.2, 0.25) is 0 Å². The molecule has 4 unspecified atom stereocenters. The van der Waals surface area contributed by atoms with E-state index in [4.69, 9.17) is 28.4 Å². The van der Waals surface area contributed by atoms with Crippen molar-refractivity contribution in [2.24, 2.45) is 17.8 Å². The Morgan fingerprint density at radius 2 is 1.70 bits per heavy atom. The van der Waals surface area contributed by atoms with E-state index < -0.39 is 95.5 Å². The van der Waals surface area contributed by atoms with Gasteiger partial charge in [-0.2, -0.15) is 0 Å². The fourth-order valence-electron chi connectivity index (χ4n) is 9.21. The number of methoxy groups -OCH3 is 1. The zero-order valence-electron chi connectivity index (χ0n) is 36.8. The monoisotopic (exact) mass is 806 g/mol. The normalized spacial score (nSPS) is 45.2. The summed E-state index contributed by atoms with van der Waals surface area (Å²) in [4.78, 5) is 16.4. The first kappa shape index (κ1) is 49.3. The van der Waals surface area contributed by atoms with Crippen LogP contribution in [-0.2, 0) is 33.2 Å². The second-order valence-corrected chi connectivity index (χ2v) is 18.2.